The number of aryl methyl sites for hydroxylation is 1. The third kappa shape index (κ3) is 7.87. The van der Waals surface area contributed by atoms with Crippen LogP contribution in [0.1, 0.15) is 131 Å². The van der Waals surface area contributed by atoms with Gasteiger partial charge in [0.25, 0.3) is 6.47 Å². The van der Waals surface area contributed by atoms with E-state index in [4.69, 9.17) is 16.2 Å². The monoisotopic (exact) mass is 546 g/mol. The Morgan fingerprint density at radius 2 is 1.77 bits per heavy atom. The summed E-state index contributed by atoms with van der Waals surface area (Å²) in [6.45, 7) is 14.8. The van der Waals surface area contributed by atoms with Crippen molar-refractivity contribution in [3.63, 3.8) is 0 Å². The first-order chi connectivity index (χ1) is 18.5. The van der Waals surface area contributed by atoms with Gasteiger partial charge in [-0.25, -0.2) is 4.98 Å². The zero-order valence-electron chi connectivity index (χ0n) is 26.5. The molecule has 0 amide bonds. The van der Waals surface area contributed by atoms with Gasteiger partial charge in [-0.05, 0) is 92.8 Å². The minimum atomic E-state index is -0.0865. The number of imidazole rings is 1. The van der Waals surface area contributed by atoms with E-state index in [0.717, 1.165) is 38.0 Å². The van der Waals surface area contributed by atoms with Crippen LogP contribution in [0.5, 0.6) is 0 Å². The molecular weight excluding hydrogens is 484 g/mol. The Bertz CT molecular complexity index is 828. The van der Waals surface area contributed by atoms with Crippen molar-refractivity contribution in [1.82, 2.24) is 9.55 Å². The molecule has 3 fully saturated rings. The number of hydrogen-bond donors (Lipinski definition) is 2. The molecule has 226 valence electrons. The van der Waals surface area contributed by atoms with E-state index in [9.17, 15) is 4.79 Å². The molecule has 6 atom stereocenters. The van der Waals surface area contributed by atoms with Gasteiger partial charge in [-0.15, -0.1) is 0 Å². The van der Waals surface area contributed by atoms with Gasteiger partial charge < -0.3 is 20.8 Å². The van der Waals surface area contributed by atoms with Gasteiger partial charge in [-0.1, -0.05) is 67.2 Å². The Kier molecular flexibility index (Phi) is 13.0. The molecule has 0 radical (unpaired) electrons. The summed E-state index contributed by atoms with van der Waals surface area (Å²) < 4.78 is 6.78. The van der Waals surface area contributed by atoms with Crippen LogP contribution in [0.4, 0.5) is 0 Å². The highest BCUT2D eigenvalue weighted by molar-refractivity contribution is 5.36. The van der Waals surface area contributed by atoms with E-state index in [0.29, 0.717) is 30.3 Å². The minimum Gasteiger partial charge on any atom is -0.468 e. The minimum absolute atomic E-state index is 0.0665. The number of hydrogen-bond acceptors (Lipinski definition) is 5. The molecular formula is C33H62N4O2. The molecule has 6 nitrogen and oxygen atoms in total. The lowest BCUT2D eigenvalue weighted by Crippen LogP contribution is -2.63. The van der Waals surface area contributed by atoms with E-state index < -0.39 is 0 Å². The SMILES string of the molecule is CC.CC[C@@H](CC1(N)CCCC2(C)C(CCCCOC=O)CCC12)C1(N)CCCCC1(C)C.Cn1ccnc1. The van der Waals surface area contributed by atoms with Crippen LogP contribution < -0.4 is 11.5 Å². The zero-order chi connectivity index (χ0) is 29.2. The van der Waals surface area contributed by atoms with Crippen molar-refractivity contribution in [2.75, 3.05) is 6.61 Å². The van der Waals surface area contributed by atoms with Crippen molar-refractivity contribution in [3.05, 3.63) is 18.7 Å². The molecule has 4 rings (SSSR count). The van der Waals surface area contributed by atoms with Crippen molar-refractivity contribution >= 4 is 6.47 Å². The predicted octanol–water partition coefficient (Wildman–Crippen LogP) is 7.40. The smallest absolute Gasteiger partial charge is 0.293 e. The molecule has 4 N–H and O–H groups in total. The summed E-state index contributed by atoms with van der Waals surface area (Å²) in [6.07, 6.45) is 22.3. The number of ether oxygens (including phenoxy) is 1. The number of rotatable bonds is 10. The van der Waals surface area contributed by atoms with Crippen LogP contribution in [-0.2, 0) is 16.6 Å². The predicted molar refractivity (Wildman–Crippen MR) is 163 cm³/mol. The molecule has 1 heterocycles. The highest BCUT2D eigenvalue weighted by Crippen LogP contribution is 2.61. The standard InChI is InChI=1S/C27H50N2O2.C4H6N2.C2H6/c1-5-21(27(29)17-8-7-14-24(27,2)3)19-26(28)16-10-15-25(4)22(12-13-23(25)26)11-6-9-18-31-20-30;1-6-3-2-5-4-6;1-2/h20-23H,5-19,28-29H2,1-4H3;2-4H,1H3;1-2H3/t21-,22?,23?,25?,26?,27?;;/m0../s1. The van der Waals surface area contributed by atoms with E-state index >= 15 is 0 Å². The van der Waals surface area contributed by atoms with Crippen molar-refractivity contribution < 1.29 is 9.53 Å². The molecule has 3 aliphatic rings. The van der Waals surface area contributed by atoms with Gasteiger partial charge in [-0.2, -0.15) is 0 Å². The van der Waals surface area contributed by atoms with Gasteiger partial charge in [0.05, 0.1) is 12.9 Å². The van der Waals surface area contributed by atoms with Crippen molar-refractivity contribution in [1.29, 1.82) is 0 Å². The number of carbonyl (C=O) groups is 1. The fourth-order valence-corrected chi connectivity index (χ4v) is 8.74. The van der Waals surface area contributed by atoms with E-state index in [1.165, 1.54) is 57.8 Å². The number of nitrogens with two attached hydrogens (primary N) is 2. The van der Waals surface area contributed by atoms with Crippen molar-refractivity contribution in [2.24, 2.45) is 47.1 Å². The largest absolute Gasteiger partial charge is 0.468 e. The number of aromatic nitrogens is 2. The van der Waals surface area contributed by atoms with Gasteiger partial charge >= 0.3 is 0 Å². The Balaban J connectivity index is 0.000000578. The molecule has 0 bridgehead atoms. The second-order valence-electron chi connectivity index (χ2n) is 13.6. The van der Waals surface area contributed by atoms with E-state index in [1.807, 2.05) is 31.7 Å². The summed E-state index contributed by atoms with van der Waals surface area (Å²) in [5.74, 6) is 1.89. The van der Waals surface area contributed by atoms with Crippen LogP contribution in [0.2, 0.25) is 0 Å². The second-order valence-corrected chi connectivity index (χ2v) is 13.6. The maximum Gasteiger partial charge on any atom is 0.293 e. The van der Waals surface area contributed by atoms with Crippen LogP contribution in [-0.4, -0.2) is 33.7 Å². The first kappa shape index (κ1) is 33.8. The summed E-state index contributed by atoms with van der Waals surface area (Å²) in [4.78, 5) is 14.2. The molecule has 0 saturated heterocycles. The molecule has 1 aromatic heterocycles. The van der Waals surface area contributed by atoms with Crippen molar-refractivity contribution in [2.45, 2.75) is 143 Å². The van der Waals surface area contributed by atoms with E-state index in [-0.39, 0.29) is 16.5 Å². The van der Waals surface area contributed by atoms with Gasteiger partial charge in [0.1, 0.15) is 0 Å². The highest BCUT2D eigenvalue weighted by atomic mass is 16.5. The summed E-state index contributed by atoms with van der Waals surface area (Å²) >= 11 is 0. The van der Waals surface area contributed by atoms with Crippen LogP contribution in [0, 0.1) is 28.6 Å². The lowest BCUT2D eigenvalue weighted by atomic mass is 9.52. The van der Waals surface area contributed by atoms with Gasteiger partial charge in [0, 0.05) is 30.5 Å². The summed E-state index contributed by atoms with van der Waals surface area (Å²) in [5.41, 5.74) is 15.1. The number of unbranched alkanes of at least 4 members (excludes halogenated alkanes) is 1. The van der Waals surface area contributed by atoms with E-state index in [1.54, 1.807) is 12.5 Å². The lowest BCUT2D eigenvalue weighted by molar-refractivity contribution is -0.128. The summed E-state index contributed by atoms with van der Waals surface area (Å²) in [6, 6.07) is 0. The molecule has 0 spiro atoms. The zero-order valence-corrected chi connectivity index (χ0v) is 26.5. The van der Waals surface area contributed by atoms with Crippen LogP contribution in [0.3, 0.4) is 0 Å². The van der Waals surface area contributed by atoms with Crippen LogP contribution in [0.25, 0.3) is 0 Å². The van der Waals surface area contributed by atoms with E-state index in [2.05, 4.69) is 32.7 Å². The Morgan fingerprint density at radius 3 is 2.33 bits per heavy atom. The Morgan fingerprint density at radius 1 is 1.05 bits per heavy atom. The quantitative estimate of drug-likeness (QED) is 0.235. The summed E-state index contributed by atoms with van der Waals surface area (Å²) in [7, 11) is 1.94. The lowest BCUT2D eigenvalue weighted by Gasteiger charge is -2.57. The van der Waals surface area contributed by atoms with Crippen molar-refractivity contribution in [3.8, 4) is 0 Å². The fourth-order valence-electron chi connectivity index (χ4n) is 8.74. The fraction of sp³-hybridized carbons (Fsp3) is 0.879. The van der Waals surface area contributed by atoms with Gasteiger partial charge in [-0.3, -0.25) is 4.79 Å². The normalized spacial score (nSPS) is 34.0. The molecule has 0 aromatic carbocycles. The van der Waals surface area contributed by atoms with Crippen LogP contribution >= 0.6 is 0 Å². The number of nitrogens with zero attached hydrogens (tertiary/aromatic N) is 2. The second kappa shape index (κ2) is 15.0. The maximum absolute atomic E-state index is 10.4. The molecule has 39 heavy (non-hydrogen) atoms. The molecule has 6 heteroatoms. The first-order valence-corrected chi connectivity index (χ1v) is 16.1. The molecule has 3 aliphatic carbocycles. The number of carbonyl (C=O) groups excluding carboxylic acids is 1. The average Bonchev–Trinajstić information content (AvgIpc) is 3.53. The third-order valence-corrected chi connectivity index (χ3v) is 11.1. The summed E-state index contributed by atoms with van der Waals surface area (Å²) in [5, 5.41) is 0. The maximum atomic E-state index is 10.4. The molecule has 5 unspecified atom stereocenters. The van der Waals surface area contributed by atoms with Gasteiger partial charge in [0.2, 0.25) is 0 Å². The Hall–Kier alpha value is -1.40. The molecule has 0 aliphatic heterocycles. The number of fused-ring (bicyclic) bond motifs is 1. The molecule has 1 aromatic rings. The topological polar surface area (TPSA) is 96.2 Å². The average molecular weight is 547 g/mol. The Labute approximate surface area is 240 Å². The highest BCUT2D eigenvalue weighted by Gasteiger charge is 2.58. The first-order valence-electron chi connectivity index (χ1n) is 16.1. The van der Waals surface area contributed by atoms with Crippen LogP contribution in [0.15, 0.2) is 18.7 Å². The molecule has 3 saturated carbocycles. The third-order valence-electron chi connectivity index (χ3n) is 11.1. The van der Waals surface area contributed by atoms with Gasteiger partial charge in [0.15, 0.2) is 0 Å².